The molecule has 4 rings (SSSR count). The smallest absolute Gasteiger partial charge is 0.180 e. The van der Waals surface area contributed by atoms with Crippen molar-refractivity contribution >= 4 is 40.8 Å². The van der Waals surface area contributed by atoms with Crippen LogP contribution in [0.5, 0.6) is 0 Å². The number of rotatable bonds is 4. The van der Waals surface area contributed by atoms with Gasteiger partial charge >= 0.3 is 0 Å². The van der Waals surface area contributed by atoms with Gasteiger partial charge in [0.25, 0.3) is 0 Å². The van der Waals surface area contributed by atoms with Crippen molar-refractivity contribution in [1.82, 2.24) is 10.1 Å². The van der Waals surface area contributed by atoms with Crippen LogP contribution in [0.3, 0.4) is 0 Å². The highest BCUT2D eigenvalue weighted by Crippen LogP contribution is 2.31. The third-order valence-electron chi connectivity index (χ3n) is 5.91. The molecular weight excluding hydrogens is 390 g/mol. The van der Waals surface area contributed by atoms with Crippen molar-refractivity contribution in [2.45, 2.75) is 38.1 Å². The maximum atomic E-state index is 13.8. The zero-order chi connectivity index (χ0) is 18.1. The minimum atomic E-state index is -0.436. The normalized spacial score (nSPS) is 24.2. The average molecular weight is 417 g/mol. The minimum absolute atomic E-state index is 0. The largest absolute Gasteiger partial charge is 0.354 e. The molecule has 0 atom stereocenters. The van der Waals surface area contributed by atoms with Gasteiger partial charge in [0.1, 0.15) is 5.82 Å². The topological polar surface area (TPSA) is 58.5 Å². The second-order valence-corrected chi connectivity index (χ2v) is 8.07. The highest BCUT2D eigenvalue weighted by molar-refractivity contribution is 6.31. The molecule has 2 aliphatic rings. The highest BCUT2D eigenvalue weighted by atomic mass is 35.5. The molecule has 1 saturated carbocycles. The molecule has 0 unspecified atom stereocenters. The molecule has 150 valence electrons. The van der Waals surface area contributed by atoms with Gasteiger partial charge in [0, 0.05) is 38.3 Å². The van der Waals surface area contributed by atoms with Crippen LogP contribution in [-0.2, 0) is 0 Å². The van der Waals surface area contributed by atoms with Gasteiger partial charge in [0.05, 0.1) is 10.4 Å². The van der Waals surface area contributed by atoms with Crippen LogP contribution in [0, 0.1) is 11.7 Å². The summed E-state index contributed by atoms with van der Waals surface area (Å²) in [5.74, 6) is 1.12. The Bertz CT molecular complexity index is 755. The molecule has 1 aromatic carbocycles. The molecule has 1 aliphatic carbocycles. The maximum absolute atomic E-state index is 13.8. The molecule has 8 heteroatoms. The number of nitrogens with two attached hydrogens (primary N) is 1. The molecule has 2 fully saturated rings. The molecule has 5 nitrogen and oxygen atoms in total. The Morgan fingerprint density at radius 3 is 2.56 bits per heavy atom. The number of halogens is 3. The Morgan fingerprint density at radius 2 is 1.85 bits per heavy atom. The van der Waals surface area contributed by atoms with Gasteiger partial charge in [-0.05, 0) is 50.6 Å². The summed E-state index contributed by atoms with van der Waals surface area (Å²) in [5, 5.41) is 4.91. The molecule has 0 amide bonds. The summed E-state index contributed by atoms with van der Waals surface area (Å²) in [5.41, 5.74) is 6.53. The summed E-state index contributed by atoms with van der Waals surface area (Å²) in [6.45, 7) is 4.90. The second-order valence-electron chi connectivity index (χ2n) is 7.67. The summed E-state index contributed by atoms with van der Waals surface area (Å²) in [7, 11) is 0. The Morgan fingerprint density at radius 1 is 1.15 bits per heavy atom. The van der Waals surface area contributed by atoms with Gasteiger partial charge in [-0.25, -0.2) is 4.39 Å². The van der Waals surface area contributed by atoms with E-state index in [4.69, 9.17) is 21.9 Å². The Hall–Kier alpha value is -1.08. The van der Waals surface area contributed by atoms with Gasteiger partial charge < -0.3 is 15.2 Å². The molecule has 2 aromatic rings. The van der Waals surface area contributed by atoms with Crippen LogP contribution in [0.15, 0.2) is 16.7 Å². The zero-order valence-electron chi connectivity index (χ0n) is 15.4. The minimum Gasteiger partial charge on any atom is -0.354 e. The SMILES string of the molecule is Cl.NC1CCC(CCN2CCN(c3noc4cc(Cl)c(F)cc34)CC2)CC1. The first-order chi connectivity index (χ1) is 12.6. The summed E-state index contributed by atoms with van der Waals surface area (Å²) >= 11 is 5.82. The van der Waals surface area contributed by atoms with Crippen molar-refractivity contribution in [3.63, 3.8) is 0 Å². The van der Waals surface area contributed by atoms with E-state index in [9.17, 15) is 4.39 Å². The summed E-state index contributed by atoms with van der Waals surface area (Å²) in [6.07, 6.45) is 6.18. The first-order valence-corrected chi connectivity index (χ1v) is 9.95. The standard InChI is InChI=1S/C19H26ClFN4O.ClH/c20-16-12-18-15(11-17(16)21)19(23-26-18)25-9-7-24(8-10-25)6-5-13-1-3-14(22)4-2-13;/h11-14H,1-10,22H2;1H. The number of hydrogen-bond donors (Lipinski definition) is 1. The fourth-order valence-electron chi connectivity index (χ4n) is 4.17. The van der Waals surface area contributed by atoms with Gasteiger partial charge in [-0.15, -0.1) is 12.4 Å². The maximum Gasteiger partial charge on any atom is 0.180 e. The van der Waals surface area contributed by atoms with E-state index in [1.54, 1.807) is 0 Å². The van der Waals surface area contributed by atoms with E-state index in [-0.39, 0.29) is 17.4 Å². The molecule has 2 N–H and O–H groups in total. The summed E-state index contributed by atoms with van der Waals surface area (Å²) < 4.78 is 19.1. The van der Waals surface area contributed by atoms with E-state index in [0.717, 1.165) is 44.5 Å². The van der Waals surface area contributed by atoms with Gasteiger partial charge in [-0.3, -0.25) is 4.90 Å². The van der Waals surface area contributed by atoms with E-state index >= 15 is 0 Å². The van der Waals surface area contributed by atoms with Crippen molar-refractivity contribution in [1.29, 1.82) is 0 Å². The number of nitrogens with zero attached hydrogens (tertiary/aromatic N) is 3. The van der Waals surface area contributed by atoms with E-state index in [2.05, 4.69) is 15.0 Å². The van der Waals surface area contributed by atoms with Crippen LogP contribution >= 0.6 is 24.0 Å². The predicted molar refractivity (Wildman–Crippen MR) is 109 cm³/mol. The van der Waals surface area contributed by atoms with Crippen LogP contribution < -0.4 is 10.6 Å². The lowest BCUT2D eigenvalue weighted by Gasteiger charge is -2.36. The van der Waals surface area contributed by atoms with E-state index < -0.39 is 5.82 Å². The molecule has 1 aromatic heterocycles. The zero-order valence-corrected chi connectivity index (χ0v) is 16.9. The second kappa shape index (κ2) is 8.95. The van der Waals surface area contributed by atoms with Gasteiger partial charge in [-0.2, -0.15) is 0 Å². The van der Waals surface area contributed by atoms with E-state index in [0.29, 0.717) is 17.0 Å². The van der Waals surface area contributed by atoms with Crippen molar-refractivity contribution in [3.05, 3.63) is 23.0 Å². The fourth-order valence-corrected chi connectivity index (χ4v) is 4.33. The summed E-state index contributed by atoms with van der Waals surface area (Å²) in [6, 6.07) is 3.34. The van der Waals surface area contributed by atoms with Gasteiger partial charge in [0.15, 0.2) is 11.4 Å². The number of fused-ring (bicyclic) bond motifs is 1. The monoisotopic (exact) mass is 416 g/mol. The molecular formula is C19H27Cl2FN4O. The van der Waals surface area contributed by atoms with Crippen LogP contribution in [-0.4, -0.2) is 48.8 Å². The molecule has 1 saturated heterocycles. The van der Waals surface area contributed by atoms with E-state index in [1.165, 1.54) is 44.2 Å². The van der Waals surface area contributed by atoms with Crippen molar-refractivity contribution in [2.75, 3.05) is 37.6 Å². The number of piperazine rings is 1. The third kappa shape index (κ3) is 4.67. The first-order valence-electron chi connectivity index (χ1n) is 9.57. The molecule has 27 heavy (non-hydrogen) atoms. The Kier molecular flexibility index (Phi) is 6.84. The van der Waals surface area contributed by atoms with Crippen LogP contribution in [0.25, 0.3) is 11.0 Å². The number of hydrogen-bond acceptors (Lipinski definition) is 5. The number of anilines is 1. The molecule has 2 heterocycles. The molecule has 0 bridgehead atoms. The van der Waals surface area contributed by atoms with Crippen LogP contribution in [0.2, 0.25) is 5.02 Å². The number of aromatic nitrogens is 1. The van der Waals surface area contributed by atoms with Gasteiger partial charge in [-0.1, -0.05) is 16.8 Å². The lowest BCUT2D eigenvalue weighted by Crippen LogP contribution is -2.47. The molecule has 0 spiro atoms. The quantitative estimate of drug-likeness (QED) is 0.813. The van der Waals surface area contributed by atoms with Crippen molar-refractivity contribution in [2.24, 2.45) is 11.7 Å². The highest BCUT2D eigenvalue weighted by Gasteiger charge is 2.24. The van der Waals surface area contributed by atoms with Crippen LogP contribution in [0.4, 0.5) is 10.2 Å². The average Bonchev–Trinajstić information content (AvgIpc) is 3.05. The molecule has 1 aliphatic heterocycles. The third-order valence-corrected chi connectivity index (χ3v) is 6.20. The lowest BCUT2D eigenvalue weighted by molar-refractivity contribution is 0.216. The van der Waals surface area contributed by atoms with E-state index in [1.807, 2.05) is 0 Å². The Labute approximate surface area is 170 Å². The Balaban J connectivity index is 0.00000210. The first kappa shape index (κ1) is 20.6. The fraction of sp³-hybridized carbons (Fsp3) is 0.632. The van der Waals surface area contributed by atoms with Crippen molar-refractivity contribution in [3.8, 4) is 0 Å². The lowest BCUT2D eigenvalue weighted by atomic mass is 9.84. The molecule has 0 radical (unpaired) electrons. The van der Waals surface area contributed by atoms with Crippen LogP contribution in [0.1, 0.15) is 32.1 Å². The summed E-state index contributed by atoms with van der Waals surface area (Å²) in [4.78, 5) is 4.69. The predicted octanol–water partition coefficient (Wildman–Crippen LogP) is 4.07. The van der Waals surface area contributed by atoms with Crippen molar-refractivity contribution < 1.29 is 8.91 Å². The van der Waals surface area contributed by atoms with Gasteiger partial charge in [0.2, 0.25) is 0 Å². The number of benzene rings is 1.